The SMILES string of the molecule is CC/C=C\C/C=C\C/C=C\C/C=C\CCCCCCC(=O)OCC(COC(=O)CCCCCCCCCCCCCCC/C=C\C/C=C\CCCCCCC)OC(=O)CCCCCCCCCCCCCCCCCCCCCCC. The molecule has 0 aliphatic rings. The zero-order valence-corrected chi connectivity index (χ0v) is 54.1. The minimum Gasteiger partial charge on any atom is -0.462 e. The number of allylic oxidation sites excluding steroid dienone is 12. The molecule has 0 heterocycles. The molecule has 0 rings (SSSR count). The third-order valence-corrected chi connectivity index (χ3v) is 15.7. The Morgan fingerprint density at radius 2 is 0.481 bits per heavy atom. The lowest BCUT2D eigenvalue weighted by molar-refractivity contribution is -0.167. The summed E-state index contributed by atoms with van der Waals surface area (Å²) in [6, 6.07) is 0. The fourth-order valence-corrected chi connectivity index (χ4v) is 10.4. The molecule has 1 unspecified atom stereocenters. The van der Waals surface area contributed by atoms with Gasteiger partial charge in [-0.3, -0.25) is 14.4 Å². The number of carbonyl (C=O) groups excluding carboxylic acids is 3. The van der Waals surface area contributed by atoms with Crippen LogP contribution in [0.2, 0.25) is 0 Å². The van der Waals surface area contributed by atoms with Crippen LogP contribution in [-0.4, -0.2) is 37.2 Å². The van der Waals surface area contributed by atoms with Crippen molar-refractivity contribution in [2.24, 2.45) is 0 Å². The minimum absolute atomic E-state index is 0.0801. The van der Waals surface area contributed by atoms with Gasteiger partial charge in [-0.15, -0.1) is 0 Å². The van der Waals surface area contributed by atoms with Crippen molar-refractivity contribution < 1.29 is 28.6 Å². The monoisotopic (exact) mass is 1130 g/mol. The summed E-state index contributed by atoms with van der Waals surface area (Å²) in [7, 11) is 0. The van der Waals surface area contributed by atoms with E-state index in [2.05, 4.69) is 93.7 Å². The van der Waals surface area contributed by atoms with Crippen LogP contribution in [0, 0.1) is 0 Å². The van der Waals surface area contributed by atoms with Crippen LogP contribution < -0.4 is 0 Å². The Bertz CT molecular complexity index is 1490. The number of carbonyl (C=O) groups is 3. The van der Waals surface area contributed by atoms with Gasteiger partial charge < -0.3 is 14.2 Å². The van der Waals surface area contributed by atoms with Gasteiger partial charge in [-0.1, -0.05) is 331 Å². The van der Waals surface area contributed by atoms with E-state index in [0.29, 0.717) is 19.3 Å². The number of rotatable bonds is 65. The van der Waals surface area contributed by atoms with Crippen molar-refractivity contribution in [3.63, 3.8) is 0 Å². The first kappa shape index (κ1) is 77.9. The molecule has 0 aromatic heterocycles. The number of hydrogen-bond acceptors (Lipinski definition) is 6. The van der Waals surface area contributed by atoms with Crippen LogP contribution in [-0.2, 0) is 28.6 Å². The molecule has 0 N–H and O–H groups in total. The minimum atomic E-state index is -0.786. The van der Waals surface area contributed by atoms with Crippen LogP contribution in [0.1, 0.15) is 367 Å². The molecule has 0 saturated carbocycles. The van der Waals surface area contributed by atoms with Gasteiger partial charge in [-0.2, -0.15) is 0 Å². The summed E-state index contributed by atoms with van der Waals surface area (Å²) in [5.74, 6) is -0.882. The number of hydrogen-bond donors (Lipinski definition) is 0. The highest BCUT2D eigenvalue weighted by atomic mass is 16.6. The second-order valence-electron chi connectivity index (χ2n) is 23.8. The van der Waals surface area contributed by atoms with Gasteiger partial charge >= 0.3 is 17.9 Å². The fraction of sp³-hybridized carbons (Fsp3) is 0.800. The molecule has 0 aliphatic heterocycles. The van der Waals surface area contributed by atoms with Gasteiger partial charge in [-0.25, -0.2) is 0 Å². The number of esters is 3. The van der Waals surface area contributed by atoms with E-state index >= 15 is 0 Å². The van der Waals surface area contributed by atoms with Crippen LogP contribution in [0.15, 0.2) is 72.9 Å². The number of unbranched alkanes of at least 4 members (excludes halogenated alkanes) is 42. The zero-order valence-electron chi connectivity index (χ0n) is 54.1. The third kappa shape index (κ3) is 67.5. The maximum absolute atomic E-state index is 13.0. The summed E-state index contributed by atoms with van der Waals surface area (Å²) in [5.41, 5.74) is 0. The van der Waals surface area contributed by atoms with E-state index < -0.39 is 6.10 Å². The van der Waals surface area contributed by atoms with Crippen LogP contribution in [0.5, 0.6) is 0 Å². The smallest absolute Gasteiger partial charge is 0.306 e. The predicted octanol–water partition coefficient (Wildman–Crippen LogP) is 24.4. The van der Waals surface area contributed by atoms with E-state index in [1.165, 1.54) is 225 Å². The first-order chi connectivity index (χ1) is 40.0. The summed E-state index contributed by atoms with van der Waals surface area (Å²) in [4.78, 5) is 38.5. The van der Waals surface area contributed by atoms with Crippen LogP contribution >= 0.6 is 0 Å². The summed E-state index contributed by atoms with van der Waals surface area (Å²) >= 11 is 0. The zero-order chi connectivity index (χ0) is 58.5. The largest absolute Gasteiger partial charge is 0.462 e. The first-order valence-electron chi connectivity index (χ1n) is 35.4. The molecule has 0 aliphatic carbocycles. The van der Waals surface area contributed by atoms with Gasteiger partial charge in [0.05, 0.1) is 0 Å². The molecule has 0 fully saturated rings. The maximum atomic E-state index is 13.0. The summed E-state index contributed by atoms with van der Waals surface area (Å²) < 4.78 is 17.0. The molecule has 6 nitrogen and oxygen atoms in total. The average molecular weight is 1130 g/mol. The molecule has 470 valence electrons. The Morgan fingerprint density at radius 1 is 0.259 bits per heavy atom. The van der Waals surface area contributed by atoms with Crippen molar-refractivity contribution in [1.82, 2.24) is 0 Å². The lowest BCUT2D eigenvalue weighted by Gasteiger charge is -2.18. The molecule has 0 aromatic carbocycles. The Labute approximate surface area is 503 Å². The molecule has 1 atom stereocenters. The Balaban J connectivity index is 4.33. The molecular weight excluding hydrogens is 997 g/mol. The average Bonchev–Trinajstić information content (AvgIpc) is 3.47. The summed E-state index contributed by atoms with van der Waals surface area (Å²) in [5, 5.41) is 0. The molecule has 0 saturated heterocycles. The Hall–Kier alpha value is -3.15. The molecule has 0 radical (unpaired) electrons. The Kier molecular flexibility index (Phi) is 66.6. The quantitative estimate of drug-likeness (QED) is 0.0261. The summed E-state index contributed by atoms with van der Waals surface area (Å²) in [6.07, 6.45) is 90.7. The molecule has 81 heavy (non-hydrogen) atoms. The van der Waals surface area contributed by atoms with Gasteiger partial charge in [0.1, 0.15) is 13.2 Å². The lowest BCUT2D eigenvalue weighted by atomic mass is 10.0. The molecule has 0 spiro atoms. The second-order valence-corrected chi connectivity index (χ2v) is 23.8. The van der Waals surface area contributed by atoms with Crippen LogP contribution in [0.25, 0.3) is 0 Å². The van der Waals surface area contributed by atoms with E-state index in [0.717, 1.165) is 103 Å². The van der Waals surface area contributed by atoms with E-state index in [1.54, 1.807) is 0 Å². The maximum Gasteiger partial charge on any atom is 0.306 e. The van der Waals surface area contributed by atoms with Crippen molar-refractivity contribution in [3.8, 4) is 0 Å². The highest BCUT2D eigenvalue weighted by Crippen LogP contribution is 2.18. The molecular formula is C75H134O6. The molecule has 0 amide bonds. The van der Waals surface area contributed by atoms with Crippen LogP contribution in [0.3, 0.4) is 0 Å². The van der Waals surface area contributed by atoms with Gasteiger partial charge in [0.2, 0.25) is 0 Å². The number of ether oxygens (including phenoxy) is 3. The van der Waals surface area contributed by atoms with Gasteiger partial charge in [0, 0.05) is 19.3 Å². The van der Waals surface area contributed by atoms with Gasteiger partial charge in [-0.05, 0) is 89.9 Å². The van der Waals surface area contributed by atoms with Crippen molar-refractivity contribution in [1.29, 1.82) is 0 Å². The van der Waals surface area contributed by atoms with E-state index in [1.807, 2.05) is 0 Å². The lowest BCUT2D eigenvalue weighted by Crippen LogP contribution is -2.30. The van der Waals surface area contributed by atoms with Crippen molar-refractivity contribution >= 4 is 17.9 Å². The van der Waals surface area contributed by atoms with Crippen molar-refractivity contribution in [2.75, 3.05) is 13.2 Å². The molecule has 0 bridgehead atoms. The highest BCUT2D eigenvalue weighted by Gasteiger charge is 2.19. The highest BCUT2D eigenvalue weighted by molar-refractivity contribution is 5.71. The van der Waals surface area contributed by atoms with E-state index in [-0.39, 0.29) is 31.1 Å². The Morgan fingerprint density at radius 3 is 0.753 bits per heavy atom. The van der Waals surface area contributed by atoms with E-state index in [9.17, 15) is 14.4 Å². The standard InChI is InChI=1S/C75H134O6/c1-4-7-10-13-16-19-22-25-28-31-33-35-36-37-38-40-41-44-47-50-53-56-59-62-65-68-74(77)80-71-72(70-79-73(76)67-64-61-58-55-52-49-46-43-30-27-24-21-18-15-12-9-6-3)81-75(78)69-66-63-60-57-54-51-48-45-42-39-34-32-29-26-23-20-17-14-11-8-5-2/h9,12,18,21-22,25,27,30-31,33,46,49,72H,4-8,10-11,13-17,19-20,23-24,26,28-29,32,34-45,47-48,50-71H2,1-3H3/b12-9-,21-18-,25-22-,30-27-,33-31-,49-46-. The first-order valence-corrected chi connectivity index (χ1v) is 35.4. The van der Waals surface area contributed by atoms with Gasteiger partial charge in [0.15, 0.2) is 6.10 Å². The molecule has 0 aromatic rings. The van der Waals surface area contributed by atoms with Gasteiger partial charge in [0.25, 0.3) is 0 Å². The van der Waals surface area contributed by atoms with Crippen molar-refractivity contribution in [2.45, 2.75) is 374 Å². The normalized spacial score (nSPS) is 12.5. The summed E-state index contributed by atoms with van der Waals surface area (Å²) in [6.45, 7) is 6.56. The second kappa shape index (κ2) is 69.3. The predicted molar refractivity (Wildman–Crippen MR) is 353 cm³/mol. The van der Waals surface area contributed by atoms with E-state index in [4.69, 9.17) is 14.2 Å². The fourth-order valence-electron chi connectivity index (χ4n) is 10.4. The molecule has 6 heteroatoms. The topological polar surface area (TPSA) is 78.9 Å². The van der Waals surface area contributed by atoms with Crippen LogP contribution in [0.4, 0.5) is 0 Å². The third-order valence-electron chi connectivity index (χ3n) is 15.7. The van der Waals surface area contributed by atoms with Crippen molar-refractivity contribution in [3.05, 3.63) is 72.9 Å².